The topological polar surface area (TPSA) is 75.4 Å². The summed E-state index contributed by atoms with van der Waals surface area (Å²) in [5, 5.41) is 2.84. The third-order valence-electron chi connectivity index (χ3n) is 2.99. The molecular formula is C12H14ClN3O2. The van der Waals surface area contributed by atoms with Crippen LogP contribution in [0.1, 0.15) is 12.5 Å². The third-order valence-corrected chi connectivity index (χ3v) is 3.34. The van der Waals surface area contributed by atoms with Gasteiger partial charge in [0.2, 0.25) is 11.8 Å². The quantitative estimate of drug-likeness (QED) is 0.613. The molecule has 0 spiro atoms. The number of halogens is 1. The van der Waals surface area contributed by atoms with E-state index in [0.29, 0.717) is 17.3 Å². The zero-order valence-electron chi connectivity index (χ0n) is 9.94. The summed E-state index contributed by atoms with van der Waals surface area (Å²) in [6.07, 6.45) is 0. The Morgan fingerprint density at radius 3 is 2.89 bits per heavy atom. The first kappa shape index (κ1) is 12.9. The summed E-state index contributed by atoms with van der Waals surface area (Å²) in [5.74, 6) is -0.567. The molecule has 1 aliphatic rings. The minimum Gasteiger partial charge on any atom is -0.399 e. The summed E-state index contributed by atoms with van der Waals surface area (Å²) >= 11 is 6.08. The van der Waals surface area contributed by atoms with E-state index in [0.717, 1.165) is 5.56 Å². The van der Waals surface area contributed by atoms with Crippen LogP contribution in [0.4, 0.5) is 5.69 Å². The summed E-state index contributed by atoms with van der Waals surface area (Å²) in [7, 11) is 0. The molecule has 0 aliphatic carbocycles. The molecule has 2 amide bonds. The second-order valence-corrected chi connectivity index (χ2v) is 4.75. The predicted octanol–water partition coefficient (Wildman–Crippen LogP) is 0.769. The van der Waals surface area contributed by atoms with Gasteiger partial charge >= 0.3 is 0 Å². The number of nitrogen functional groups attached to an aromatic ring is 1. The van der Waals surface area contributed by atoms with Crippen molar-refractivity contribution in [2.45, 2.75) is 19.5 Å². The number of carbonyl (C=O) groups excluding carboxylic acids is 2. The average Bonchev–Trinajstić information content (AvgIpc) is 2.29. The van der Waals surface area contributed by atoms with Gasteiger partial charge in [-0.2, -0.15) is 0 Å². The van der Waals surface area contributed by atoms with Crippen LogP contribution in [0, 0.1) is 0 Å². The molecule has 96 valence electrons. The molecule has 6 heteroatoms. The van der Waals surface area contributed by atoms with Crippen molar-refractivity contribution in [1.29, 1.82) is 0 Å². The Bertz CT molecular complexity index is 504. The zero-order chi connectivity index (χ0) is 13.3. The molecule has 1 unspecified atom stereocenters. The predicted molar refractivity (Wildman–Crippen MR) is 68.9 cm³/mol. The van der Waals surface area contributed by atoms with Gasteiger partial charge in [0.25, 0.3) is 0 Å². The molecule has 1 aromatic carbocycles. The zero-order valence-corrected chi connectivity index (χ0v) is 10.7. The maximum atomic E-state index is 11.5. The highest BCUT2D eigenvalue weighted by atomic mass is 35.5. The maximum Gasteiger partial charge on any atom is 0.243 e. The van der Waals surface area contributed by atoms with Gasteiger partial charge in [-0.1, -0.05) is 17.7 Å². The normalized spacial score (nSPS) is 20.9. The lowest BCUT2D eigenvalue weighted by atomic mass is 10.1. The smallest absolute Gasteiger partial charge is 0.243 e. The Morgan fingerprint density at radius 2 is 2.22 bits per heavy atom. The fourth-order valence-corrected chi connectivity index (χ4v) is 2.12. The molecule has 1 aliphatic heterocycles. The molecular weight excluding hydrogens is 254 g/mol. The molecule has 2 rings (SSSR count). The molecule has 18 heavy (non-hydrogen) atoms. The number of hydrogen-bond acceptors (Lipinski definition) is 4. The minimum atomic E-state index is -0.351. The average molecular weight is 268 g/mol. The van der Waals surface area contributed by atoms with E-state index in [-0.39, 0.29) is 24.4 Å². The first-order chi connectivity index (χ1) is 8.47. The molecule has 3 N–H and O–H groups in total. The van der Waals surface area contributed by atoms with Crippen molar-refractivity contribution >= 4 is 29.1 Å². The van der Waals surface area contributed by atoms with Crippen molar-refractivity contribution in [3.8, 4) is 0 Å². The van der Waals surface area contributed by atoms with Gasteiger partial charge in [-0.25, -0.2) is 0 Å². The minimum absolute atomic E-state index is 0.188. The van der Waals surface area contributed by atoms with Crippen molar-refractivity contribution in [3.05, 3.63) is 28.8 Å². The summed E-state index contributed by atoms with van der Waals surface area (Å²) in [6, 6.07) is 4.86. The first-order valence-electron chi connectivity index (χ1n) is 5.59. The highest BCUT2D eigenvalue weighted by Gasteiger charge is 2.30. The van der Waals surface area contributed by atoms with Gasteiger partial charge in [-0.05, 0) is 24.6 Å². The van der Waals surface area contributed by atoms with Gasteiger partial charge in [-0.3, -0.25) is 19.8 Å². The second-order valence-electron chi connectivity index (χ2n) is 4.34. The van der Waals surface area contributed by atoms with Gasteiger partial charge in [0.05, 0.1) is 12.6 Å². The van der Waals surface area contributed by atoms with E-state index in [2.05, 4.69) is 5.32 Å². The van der Waals surface area contributed by atoms with E-state index in [1.54, 1.807) is 30.0 Å². The Morgan fingerprint density at radius 1 is 1.50 bits per heavy atom. The number of piperazine rings is 1. The van der Waals surface area contributed by atoms with Crippen molar-refractivity contribution in [3.63, 3.8) is 0 Å². The second kappa shape index (κ2) is 4.96. The Hall–Kier alpha value is -1.59. The van der Waals surface area contributed by atoms with Crippen LogP contribution in [0.3, 0.4) is 0 Å². The van der Waals surface area contributed by atoms with Gasteiger partial charge in [-0.15, -0.1) is 0 Å². The maximum absolute atomic E-state index is 11.5. The molecule has 5 nitrogen and oxygen atoms in total. The number of hydrogen-bond donors (Lipinski definition) is 2. The van der Waals surface area contributed by atoms with Crippen molar-refractivity contribution in [1.82, 2.24) is 10.2 Å². The highest BCUT2D eigenvalue weighted by molar-refractivity contribution is 6.31. The summed E-state index contributed by atoms with van der Waals surface area (Å²) < 4.78 is 0. The van der Waals surface area contributed by atoms with E-state index in [1.807, 2.05) is 0 Å². The number of nitrogens with two attached hydrogens (primary N) is 1. The number of carbonyl (C=O) groups is 2. The van der Waals surface area contributed by atoms with Crippen LogP contribution in [0.5, 0.6) is 0 Å². The number of imide groups is 1. The molecule has 1 fully saturated rings. The monoisotopic (exact) mass is 267 g/mol. The van der Waals surface area contributed by atoms with Crippen LogP contribution < -0.4 is 11.1 Å². The summed E-state index contributed by atoms with van der Waals surface area (Å²) in [4.78, 5) is 24.6. The Kier molecular flexibility index (Phi) is 3.54. The van der Waals surface area contributed by atoms with Crippen LogP contribution in [-0.2, 0) is 16.1 Å². The number of nitrogens with zero attached hydrogens (tertiary/aromatic N) is 1. The third kappa shape index (κ3) is 2.63. The van der Waals surface area contributed by atoms with Crippen LogP contribution in [0.2, 0.25) is 5.02 Å². The van der Waals surface area contributed by atoms with Gasteiger partial charge in [0.1, 0.15) is 0 Å². The lowest BCUT2D eigenvalue weighted by Gasteiger charge is -2.31. The van der Waals surface area contributed by atoms with E-state index >= 15 is 0 Å². The van der Waals surface area contributed by atoms with Crippen molar-refractivity contribution < 1.29 is 9.59 Å². The first-order valence-corrected chi connectivity index (χ1v) is 5.97. The number of rotatable bonds is 2. The molecule has 1 saturated heterocycles. The summed E-state index contributed by atoms with van der Waals surface area (Å²) in [6.45, 7) is 2.39. The largest absolute Gasteiger partial charge is 0.399 e. The van der Waals surface area contributed by atoms with E-state index in [4.69, 9.17) is 17.3 Å². The van der Waals surface area contributed by atoms with E-state index < -0.39 is 0 Å². The van der Waals surface area contributed by atoms with Gasteiger partial charge in [0, 0.05) is 17.3 Å². The lowest BCUT2D eigenvalue weighted by Crippen LogP contribution is -2.56. The van der Waals surface area contributed by atoms with Crippen LogP contribution in [0.25, 0.3) is 0 Å². The molecule has 0 saturated carbocycles. The van der Waals surface area contributed by atoms with Gasteiger partial charge < -0.3 is 5.73 Å². The molecule has 1 aromatic rings. The lowest BCUT2D eigenvalue weighted by molar-refractivity contribution is -0.139. The molecule has 1 heterocycles. The molecule has 0 aromatic heterocycles. The van der Waals surface area contributed by atoms with Crippen LogP contribution in [-0.4, -0.2) is 29.3 Å². The number of anilines is 1. The molecule has 0 bridgehead atoms. The molecule has 1 atom stereocenters. The Labute approximate surface area is 110 Å². The highest BCUT2D eigenvalue weighted by Crippen LogP contribution is 2.22. The van der Waals surface area contributed by atoms with Gasteiger partial charge in [0.15, 0.2) is 0 Å². The molecule has 0 radical (unpaired) electrons. The van der Waals surface area contributed by atoms with Crippen LogP contribution >= 0.6 is 11.6 Å². The van der Waals surface area contributed by atoms with Crippen molar-refractivity contribution in [2.24, 2.45) is 0 Å². The van der Waals surface area contributed by atoms with E-state index in [9.17, 15) is 9.59 Å². The standard InChI is InChI=1S/C12H14ClN3O2/c1-7-12(18)15-11(17)6-16(7)5-8-2-3-9(14)4-10(8)13/h2-4,7H,5-6,14H2,1H3,(H,15,17,18). The fourth-order valence-electron chi connectivity index (χ4n) is 1.87. The SMILES string of the molecule is CC1C(=O)NC(=O)CN1Cc1ccc(N)cc1Cl. The van der Waals surface area contributed by atoms with E-state index in [1.165, 1.54) is 0 Å². The Balaban J connectivity index is 2.17. The number of amides is 2. The summed E-state index contributed by atoms with van der Waals surface area (Å²) in [5.41, 5.74) is 7.05. The van der Waals surface area contributed by atoms with Crippen LogP contribution in [0.15, 0.2) is 18.2 Å². The number of benzene rings is 1. The fraction of sp³-hybridized carbons (Fsp3) is 0.333. The number of nitrogens with one attached hydrogen (secondary N) is 1. The van der Waals surface area contributed by atoms with Crippen molar-refractivity contribution in [2.75, 3.05) is 12.3 Å².